The number of rotatable bonds is 1. The maximum atomic E-state index is 12.7. The minimum absolute atomic E-state index is 0.0270. The number of likely N-dealkylation sites (tertiary alicyclic amines) is 1. The van der Waals surface area contributed by atoms with Gasteiger partial charge in [-0.2, -0.15) is 0 Å². The van der Waals surface area contributed by atoms with Crippen LogP contribution in [0, 0.1) is 11.3 Å². The fraction of sp³-hybridized carbons (Fsp3) is 0.750. The van der Waals surface area contributed by atoms with E-state index >= 15 is 0 Å². The Morgan fingerprint density at radius 1 is 1.38 bits per heavy atom. The summed E-state index contributed by atoms with van der Waals surface area (Å²) in [7, 11) is 3.66. The molecular formula is C16H28N2O3. The monoisotopic (exact) mass is 296 g/mol. The molecule has 1 rings (SSSR count). The number of allylic oxidation sites excluding steroid dienone is 1. The highest BCUT2D eigenvalue weighted by atomic mass is 16.6. The van der Waals surface area contributed by atoms with E-state index in [9.17, 15) is 9.59 Å². The highest BCUT2D eigenvalue weighted by molar-refractivity contribution is 6.02. The Hall–Kier alpha value is -1.52. The van der Waals surface area contributed by atoms with Crippen molar-refractivity contribution in [1.29, 1.82) is 0 Å². The first-order valence-electron chi connectivity index (χ1n) is 7.30. The molecule has 1 saturated heterocycles. The van der Waals surface area contributed by atoms with Gasteiger partial charge in [0.1, 0.15) is 11.3 Å². The van der Waals surface area contributed by atoms with E-state index in [1.165, 1.54) is 4.90 Å². The highest BCUT2D eigenvalue weighted by Gasteiger charge is 2.45. The second kappa shape index (κ2) is 5.70. The molecule has 0 bridgehead atoms. The van der Waals surface area contributed by atoms with Gasteiger partial charge in [-0.05, 0) is 26.7 Å². The quantitative estimate of drug-likeness (QED) is 0.698. The first kappa shape index (κ1) is 17.5. The zero-order chi connectivity index (χ0) is 16.6. The predicted octanol–water partition coefficient (Wildman–Crippen LogP) is 2.87. The number of Topliss-reactive ketones (excluding diaryl/α,β-unsaturated/α-hetero) is 1. The molecule has 120 valence electrons. The Morgan fingerprint density at radius 2 is 1.90 bits per heavy atom. The van der Waals surface area contributed by atoms with Gasteiger partial charge in [-0.15, -0.1) is 0 Å². The third-order valence-corrected chi connectivity index (χ3v) is 3.79. The van der Waals surface area contributed by atoms with Crippen LogP contribution in [0.25, 0.3) is 0 Å². The van der Waals surface area contributed by atoms with E-state index < -0.39 is 17.1 Å². The Balaban J connectivity index is 3.17. The van der Waals surface area contributed by atoms with Gasteiger partial charge in [-0.1, -0.05) is 20.8 Å². The SMILES string of the molecule is CC1CN(C(=O)OC(C)(C)C)/C(=C/N(C)C)C(=O)C1(C)C. The van der Waals surface area contributed by atoms with Crippen molar-refractivity contribution >= 4 is 11.9 Å². The van der Waals surface area contributed by atoms with E-state index in [1.54, 1.807) is 11.1 Å². The minimum atomic E-state index is -0.584. The van der Waals surface area contributed by atoms with Crippen LogP contribution in [-0.2, 0) is 9.53 Å². The van der Waals surface area contributed by atoms with Crippen molar-refractivity contribution in [3.8, 4) is 0 Å². The van der Waals surface area contributed by atoms with E-state index in [-0.39, 0.29) is 11.7 Å². The van der Waals surface area contributed by atoms with Crippen LogP contribution in [0.3, 0.4) is 0 Å². The molecule has 1 amide bonds. The number of hydrogen-bond acceptors (Lipinski definition) is 4. The lowest BCUT2D eigenvalue weighted by Crippen LogP contribution is -2.52. The summed E-state index contributed by atoms with van der Waals surface area (Å²) in [6.07, 6.45) is 1.23. The number of carbonyl (C=O) groups is 2. The highest BCUT2D eigenvalue weighted by Crippen LogP contribution is 2.37. The average molecular weight is 296 g/mol. The van der Waals surface area contributed by atoms with Crippen LogP contribution in [-0.4, -0.2) is 47.9 Å². The van der Waals surface area contributed by atoms with Crippen LogP contribution in [0.15, 0.2) is 11.9 Å². The fourth-order valence-electron chi connectivity index (χ4n) is 2.14. The van der Waals surface area contributed by atoms with Crippen molar-refractivity contribution in [2.45, 2.75) is 47.1 Å². The number of carbonyl (C=O) groups excluding carboxylic acids is 2. The van der Waals surface area contributed by atoms with Gasteiger partial charge in [-0.25, -0.2) is 4.79 Å². The number of hydrogen-bond donors (Lipinski definition) is 0. The van der Waals surface area contributed by atoms with Crippen LogP contribution in [0.5, 0.6) is 0 Å². The molecule has 0 spiro atoms. The Bertz CT molecular complexity index is 459. The largest absolute Gasteiger partial charge is 0.443 e. The van der Waals surface area contributed by atoms with Gasteiger partial charge in [0.25, 0.3) is 0 Å². The van der Waals surface area contributed by atoms with E-state index in [2.05, 4.69) is 0 Å². The molecule has 1 aliphatic rings. The van der Waals surface area contributed by atoms with E-state index in [1.807, 2.05) is 55.6 Å². The molecule has 0 aliphatic carbocycles. The van der Waals surface area contributed by atoms with Gasteiger partial charge in [0, 0.05) is 32.3 Å². The molecule has 1 aliphatic heterocycles. The summed E-state index contributed by atoms with van der Waals surface area (Å²) < 4.78 is 5.43. The lowest BCUT2D eigenvalue weighted by atomic mass is 9.72. The lowest BCUT2D eigenvalue weighted by Gasteiger charge is -2.42. The summed E-state index contributed by atoms with van der Waals surface area (Å²) in [6.45, 7) is 11.8. The molecule has 1 fully saturated rings. The molecule has 5 nitrogen and oxygen atoms in total. The van der Waals surface area contributed by atoms with Gasteiger partial charge in [0.15, 0.2) is 5.78 Å². The van der Waals surface area contributed by atoms with Crippen molar-refractivity contribution in [2.24, 2.45) is 11.3 Å². The van der Waals surface area contributed by atoms with Gasteiger partial charge in [0.05, 0.1) is 0 Å². The van der Waals surface area contributed by atoms with Crippen LogP contribution < -0.4 is 0 Å². The number of ether oxygens (including phenoxy) is 1. The van der Waals surface area contributed by atoms with Crippen molar-refractivity contribution < 1.29 is 14.3 Å². The van der Waals surface area contributed by atoms with Gasteiger partial charge >= 0.3 is 6.09 Å². The van der Waals surface area contributed by atoms with E-state index in [4.69, 9.17) is 4.74 Å². The second-order valence-corrected chi connectivity index (χ2v) is 7.52. The molecule has 5 heteroatoms. The summed E-state index contributed by atoms with van der Waals surface area (Å²) >= 11 is 0. The molecule has 0 aromatic carbocycles. The third kappa shape index (κ3) is 3.99. The summed E-state index contributed by atoms with van der Waals surface area (Å²) in [4.78, 5) is 28.4. The Labute approximate surface area is 127 Å². The van der Waals surface area contributed by atoms with Crippen molar-refractivity contribution in [3.63, 3.8) is 0 Å². The van der Waals surface area contributed by atoms with Gasteiger partial charge in [-0.3, -0.25) is 9.69 Å². The summed E-state index contributed by atoms with van der Waals surface area (Å²) in [5.41, 5.74) is -0.669. The van der Waals surface area contributed by atoms with E-state index in [0.29, 0.717) is 12.2 Å². The Morgan fingerprint density at radius 3 is 2.33 bits per heavy atom. The van der Waals surface area contributed by atoms with Crippen LogP contribution in [0.4, 0.5) is 4.79 Å². The van der Waals surface area contributed by atoms with Crippen molar-refractivity contribution in [1.82, 2.24) is 9.80 Å². The molecule has 0 aromatic heterocycles. The van der Waals surface area contributed by atoms with Gasteiger partial charge < -0.3 is 9.64 Å². The standard InChI is InChI=1S/C16H28N2O3/c1-11-9-18(14(20)21-15(2,3)4)12(10-17(7)8)13(19)16(11,5)6/h10-11H,9H2,1-8H3/b12-10+. The van der Waals surface area contributed by atoms with Crippen LogP contribution in [0.2, 0.25) is 0 Å². The maximum absolute atomic E-state index is 12.7. The summed E-state index contributed by atoms with van der Waals surface area (Å²) in [6, 6.07) is 0. The first-order chi connectivity index (χ1) is 9.36. The van der Waals surface area contributed by atoms with Crippen LogP contribution in [0.1, 0.15) is 41.5 Å². The second-order valence-electron chi connectivity index (χ2n) is 7.52. The molecule has 0 saturated carbocycles. The van der Waals surface area contributed by atoms with Crippen molar-refractivity contribution in [2.75, 3.05) is 20.6 Å². The topological polar surface area (TPSA) is 49.9 Å². The lowest BCUT2D eigenvalue weighted by molar-refractivity contribution is -0.130. The molecule has 21 heavy (non-hydrogen) atoms. The molecule has 0 radical (unpaired) electrons. The maximum Gasteiger partial charge on any atom is 0.414 e. The summed E-state index contributed by atoms with van der Waals surface area (Å²) in [5, 5.41) is 0. The minimum Gasteiger partial charge on any atom is -0.443 e. The molecule has 1 heterocycles. The average Bonchev–Trinajstić information content (AvgIpc) is 2.27. The molecule has 1 atom stereocenters. The third-order valence-electron chi connectivity index (χ3n) is 3.79. The number of amides is 1. The first-order valence-corrected chi connectivity index (χ1v) is 7.30. The molecule has 1 unspecified atom stereocenters. The zero-order valence-corrected chi connectivity index (χ0v) is 14.5. The van der Waals surface area contributed by atoms with E-state index in [0.717, 1.165) is 0 Å². The number of piperidine rings is 1. The number of nitrogens with zero attached hydrogens (tertiary/aromatic N) is 2. The molecule has 0 aromatic rings. The molecule has 0 N–H and O–H groups in total. The smallest absolute Gasteiger partial charge is 0.414 e. The zero-order valence-electron chi connectivity index (χ0n) is 14.5. The number of ketones is 1. The normalized spacial score (nSPS) is 24.2. The van der Waals surface area contributed by atoms with Gasteiger partial charge in [0.2, 0.25) is 0 Å². The summed E-state index contributed by atoms with van der Waals surface area (Å²) in [5.74, 6) is 0.0395. The van der Waals surface area contributed by atoms with Crippen LogP contribution >= 0.6 is 0 Å². The predicted molar refractivity (Wildman–Crippen MR) is 82.7 cm³/mol. The Kier molecular flexibility index (Phi) is 4.76. The molecular weight excluding hydrogens is 268 g/mol. The fourth-order valence-corrected chi connectivity index (χ4v) is 2.14. The van der Waals surface area contributed by atoms with Crippen molar-refractivity contribution in [3.05, 3.63) is 11.9 Å².